The maximum Gasteiger partial charge on any atom is 0.134 e. The van der Waals surface area contributed by atoms with Crippen LogP contribution in [0.5, 0.6) is 0 Å². The molecule has 2 rings (SSSR count). The van der Waals surface area contributed by atoms with Crippen molar-refractivity contribution >= 4 is 17.0 Å². The van der Waals surface area contributed by atoms with E-state index in [0.717, 1.165) is 22.0 Å². The van der Waals surface area contributed by atoms with Gasteiger partial charge in [-0.3, -0.25) is 0 Å². The molecule has 0 aliphatic carbocycles. The van der Waals surface area contributed by atoms with Crippen LogP contribution in [-0.2, 0) is 13.0 Å². The molecule has 17 heavy (non-hydrogen) atoms. The number of aromatic amines is 1. The van der Waals surface area contributed by atoms with Crippen LogP contribution in [0.2, 0.25) is 0 Å². The van der Waals surface area contributed by atoms with Gasteiger partial charge < -0.3 is 20.2 Å². The number of rotatable bonds is 3. The second kappa shape index (κ2) is 4.58. The van der Waals surface area contributed by atoms with Crippen LogP contribution in [0.25, 0.3) is 10.9 Å². The fourth-order valence-electron chi connectivity index (χ4n) is 1.74. The minimum Gasteiger partial charge on any atom is -0.530 e. The number of carbonyl (C=O) groups is 1. The van der Waals surface area contributed by atoms with Crippen molar-refractivity contribution in [1.29, 1.82) is 5.26 Å². The first kappa shape index (κ1) is 11.0. The van der Waals surface area contributed by atoms with Crippen LogP contribution in [0.1, 0.15) is 11.1 Å². The third-order valence-electron chi connectivity index (χ3n) is 2.54. The number of nitrogens with zero attached hydrogens (tertiary/aromatic N) is 1. The molecule has 1 aromatic heterocycles. The molecular formula is C12H10N3O2-. The molecule has 1 aromatic carbocycles. The van der Waals surface area contributed by atoms with Gasteiger partial charge in [-0.1, -0.05) is 6.07 Å². The van der Waals surface area contributed by atoms with Gasteiger partial charge in [0.25, 0.3) is 0 Å². The number of H-pyrrole nitrogens is 1. The molecule has 0 saturated carbocycles. The van der Waals surface area contributed by atoms with Crippen molar-refractivity contribution in [3.8, 4) is 6.07 Å². The maximum atomic E-state index is 10.3. The van der Waals surface area contributed by atoms with Crippen LogP contribution in [0.3, 0.4) is 0 Å². The van der Waals surface area contributed by atoms with Crippen molar-refractivity contribution in [2.45, 2.75) is 13.0 Å². The van der Waals surface area contributed by atoms with Crippen molar-refractivity contribution in [3.63, 3.8) is 0 Å². The zero-order valence-electron chi connectivity index (χ0n) is 8.99. The van der Waals surface area contributed by atoms with Crippen LogP contribution < -0.4 is 10.4 Å². The Kier molecular flexibility index (Phi) is 2.97. The van der Waals surface area contributed by atoms with Crippen LogP contribution in [0.4, 0.5) is 4.79 Å². The van der Waals surface area contributed by atoms with Gasteiger partial charge in [0.15, 0.2) is 0 Å². The minimum absolute atomic E-state index is 0.204. The molecule has 0 atom stereocenters. The fourth-order valence-corrected chi connectivity index (χ4v) is 1.74. The van der Waals surface area contributed by atoms with Gasteiger partial charge in [0.1, 0.15) is 6.09 Å². The van der Waals surface area contributed by atoms with E-state index >= 15 is 0 Å². The summed E-state index contributed by atoms with van der Waals surface area (Å²) < 4.78 is 0. The Morgan fingerprint density at radius 3 is 3.06 bits per heavy atom. The zero-order chi connectivity index (χ0) is 12.3. The fraction of sp³-hybridized carbons (Fsp3) is 0.167. The molecule has 0 aliphatic heterocycles. The molecule has 5 heteroatoms. The van der Waals surface area contributed by atoms with Crippen LogP contribution >= 0.6 is 0 Å². The summed E-state index contributed by atoms with van der Waals surface area (Å²) >= 11 is 0. The number of aromatic nitrogens is 1. The predicted octanol–water partition coefficient (Wildman–Crippen LogP) is 0.667. The van der Waals surface area contributed by atoms with Gasteiger partial charge >= 0.3 is 0 Å². The van der Waals surface area contributed by atoms with Crippen LogP contribution in [0.15, 0.2) is 24.4 Å². The first-order chi connectivity index (χ1) is 8.20. The first-order valence-corrected chi connectivity index (χ1v) is 5.11. The van der Waals surface area contributed by atoms with Crippen molar-refractivity contribution in [3.05, 3.63) is 35.5 Å². The van der Waals surface area contributed by atoms with Crippen molar-refractivity contribution in [1.82, 2.24) is 10.3 Å². The number of nitrogens with one attached hydrogen (secondary N) is 2. The molecule has 0 spiro atoms. The minimum atomic E-state index is -1.29. The molecule has 2 N–H and O–H groups in total. The summed E-state index contributed by atoms with van der Waals surface area (Å²) in [5, 5.41) is 22.1. The molecule has 1 amide bonds. The molecule has 86 valence electrons. The van der Waals surface area contributed by atoms with Crippen LogP contribution in [0, 0.1) is 11.3 Å². The largest absolute Gasteiger partial charge is 0.530 e. The van der Waals surface area contributed by atoms with Gasteiger partial charge in [-0.2, -0.15) is 5.26 Å². The second-order valence-corrected chi connectivity index (χ2v) is 3.67. The van der Waals surface area contributed by atoms with E-state index in [9.17, 15) is 9.90 Å². The van der Waals surface area contributed by atoms with Gasteiger partial charge in [-0.05, 0) is 23.3 Å². The summed E-state index contributed by atoms with van der Waals surface area (Å²) in [7, 11) is 0. The summed E-state index contributed by atoms with van der Waals surface area (Å²) in [6.07, 6.45) is 0.831. The predicted molar refractivity (Wildman–Crippen MR) is 59.9 cm³/mol. The molecular weight excluding hydrogens is 218 g/mol. The summed E-state index contributed by atoms with van der Waals surface area (Å²) in [5.41, 5.74) is 2.69. The van der Waals surface area contributed by atoms with Gasteiger partial charge in [0, 0.05) is 23.6 Å². The molecule has 5 nitrogen and oxygen atoms in total. The SMILES string of the molecule is N#CCc1c[nH]c2ccc(CNC(=O)[O-])cc12. The number of hydrogen-bond acceptors (Lipinski definition) is 3. The highest BCUT2D eigenvalue weighted by atomic mass is 16.4. The van der Waals surface area contributed by atoms with Crippen molar-refractivity contribution in [2.24, 2.45) is 0 Å². The summed E-state index contributed by atoms with van der Waals surface area (Å²) in [4.78, 5) is 13.3. The van der Waals surface area contributed by atoms with Crippen molar-refractivity contribution < 1.29 is 9.90 Å². The third kappa shape index (κ3) is 2.37. The molecule has 1 heterocycles. The number of carbonyl (C=O) groups excluding carboxylic acids is 1. The standard InChI is InChI=1S/C12H11N3O2/c13-4-3-9-7-14-11-2-1-8(5-10(9)11)6-15-12(16)17/h1-2,5,7,14-15H,3,6H2,(H,16,17)/p-1. The molecule has 0 saturated heterocycles. The van der Waals surface area contributed by atoms with E-state index in [-0.39, 0.29) is 6.54 Å². The Labute approximate surface area is 97.7 Å². The number of hydrogen-bond donors (Lipinski definition) is 2. The molecule has 0 fully saturated rings. The Balaban J connectivity index is 2.31. The first-order valence-electron chi connectivity index (χ1n) is 5.11. The Bertz CT molecular complexity index is 595. The second-order valence-electron chi connectivity index (χ2n) is 3.67. The number of nitriles is 1. The van der Waals surface area contributed by atoms with E-state index in [0.29, 0.717) is 6.42 Å². The quantitative estimate of drug-likeness (QED) is 0.808. The normalized spacial score (nSPS) is 10.1. The lowest BCUT2D eigenvalue weighted by Gasteiger charge is -2.06. The van der Waals surface area contributed by atoms with Gasteiger partial charge in [-0.15, -0.1) is 0 Å². The summed E-state index contributed by atoms with van der Waals surface area (Å²) in [6.45, 7) is 0.204. The monoisotopic (exact) mass is 228 g/mol. The average Bonchev–Trinajstić information content (AvgIpc) is 2.70. The lowest BCUT2D eigenvalue weighted by Crippen LogP contribution is -2.35. The van der Waals surface area contributed by atoms with E-state index in [1.807, 2.05) is 18.2 Å². The molecule has 0 unspecified atom stereocenters. The van der Waals surface area contributed by atoms with Gasteiger partial charge in [0.2, 0.25) is 0 Å². The highest BCUT2D eigenvalue weighted by Gasteiger charge is 2.04. The van der Waals surface area contributed by atoms with Crippen molar-refractivity contribution in [2.75, 3.05) is 0 Å². The van der Waals surface area contributed by atoms with E-state index in [2.05, 4.69) is 16.4 Å². The molecule has 2 aromatic rings. The lowest BCUT2D eigenvalue weighted by molar-refractivity contribution is -0.251. The van der Waals surface area contributed by atoms with E-state index < -0.39 is 6.09 Å². The Morgan fingerprint density at radius 2 is 2.35 bits per heavy atom. The highest BCUT2D eigenvalue weighted by Crippen LogP contribution is 2.20. The Hall–Kier alpha value is -2.48. The topological polar surface area (TPSA) is 91.7 Å². The number of amides is 1. The van der Waals surface area contributed by atoms with E-state index in [1.54, 1.807) is 6.20 Å². The number of fused-ring (bicyclic) bond motifs is 1. The van der Waals surface area contributed by atoms with Crippen LogP contribution in [-0.4, -0.2) is 11.1 Å². The maximum absolute atomic E-state index is 10.3. The van der Waals surface area contributed by atoms with Gasteiger partial charge in [0.05, 0.1) is 12.5 Å². The summed E-state index contributed by atoms with van der Waals surface area (Å²) in [5.74, 6) is 0. The number of benzene rings is 1. The third-order valence-corrected chi connectivity index (χ3v) is 2.54. The number of carboxylic acid groups (broad SMARTS) is 1. The molecule has 0 radical (unpaired) electrons. The van der Waals surface area contributed by atoms with E-state index in [4.69, 9.17) is 5.26 Å². The molecule has 0 bridgehead atoms. The van der Waals surface area contributed by atoms with Gasteiger partial charge in [-0.25, -0.2) is 0 Å². The highest BCUT2D eigenvalue weighted by molar-refractivity contribution is 5.84. The van der Waals surface area contributed by atoms with E-state index in [1.165, 1.54) is 0 Å². The Morgan fingerprint density at radius 1 is 1.53 bits per heavy atom. The average molecular weight is 228 g/mol. The summed E-state index contributed by atoms with van der Waals surface area (Å²) in [6, 6.07) is 7.65. The molecule has 0 aliphatic rings. The zero-order valence-corrected chi connectivity index (χ0v) is 8.99. The smallest absolute Gasteiger partial charge is 0.134 e. The lowest BCUT2D eigenvalue weighted by atomic mass is 10.1.